The molecule has 2 N–H and O–H groups in total. The molecule has 1 aromatic carbocycles. The molecular weight excluding hydrogens is 252 g/mol. The highest BCUT2D eigenvalue weighted by Crippen LogP contribution is 2.28. The van der Waals surface area contributed by atoms with Crippen LogP contribution in [0.15, 0.2) is 28.7 Å². The highest BCUT2D eigenvalue weighted by Gasteiger charge is 2.21. The quantitative estimate of drug-likeness (QED) is 0.831. The Labute approximate surface area is 109 Å². The smallest absolute Gasteiger partial charge is 0.222 e. The van der Waals surface area contributed by atoms with Crippen LogP contribution in [0.3, 0.4) is 0 Å². The molecule has 5 heteroatoms. The molecule has 0 aliphatic carbocycles. The van der Waals surface area contributed by atoms with Crippen LogP contribution in [0.4, 0.5) is 0 Å². The summed E-state index contributed by atoms with van der Waals surface area (Å²) in [5.74, 6) is 0.827. The predicted molar refractivity (Wildman–Crippen MR) is 69.6 cm³/mol. The van der Waals surface area contributed by atoms with E-state index >= 15 is 0 Å². The van der Waals surface area contributed by atoms with E-state index in [1.807, 2.05) is 18.2 Å². The van der Waals surface area contributed by atoms with Crippen molar-refractivity contribution in [3.63, 3.8) is 0 Å². The van der Waals surface area contributed by atoms with Gasteiger partial charge in [-0.2, -0.15) is 0 Å². The van der Waals surface area contributed by atoms with E-state index in [4.69, 9.17) is 16.0 Å². The van der Waals surface area contributed by atoms with Crippen LogP contribution in [0.1, 0.15) is 18.2 Å². The molecule has 0 radical (unpaired) electrons. The third-order valence-electron chi connectivity index (χ3n) is 3.07. The molecule has 1 unspecified atom stereocenters. The molecule has 2 aromatic rings. The Bertz CT molecular complexity index is 594. The SMILES string of the molecule is O=C1CC(c2cc3cc(Cl)ccc3o2)NCCN1. The minimum Gasteiger partial charge on any atom is -0.459 e. The number of amides is 1. The first kappa shape index (κ1) is 11.6. The van der Waals surface area contributed by atoms with Crippen molar-refractivity contribution < 1.29 is 9.21 Å². The van der Waals surface area contributed by atoms with Crippen LogP contribution in [0.25, 0.3) is 11.0 Å². The molecule has 94 valence electrons. The van der Waals surface area contributed by atoms with Crippen LogP contribution in [0.5, 0.6) is 0 Å². The number of carbonyl (C=O) groups excluding carboxylic acids is 1. The maximum atomic E-state index is 11.5. The van der Waals surface area contributed by atoms with E-state index in [1.54, 1.807) is 6.07 Å². The third kappa shape index (κ3) is 2.21. The molecule has 1 atom stereocenters. The molecule has 0 bridgehead atoms. The molecule has 0 spiro atoms. The summed E-state index contributed by atoms with van der Waals surface area (Å²) in [5, 5.41) is 7.76. The van der Waals surface area contributed by atoms with Crippen molar-refractivity contribution in [2.24, 2.45) is 0 Å². The number of rotatable bonds is 1. The van der Waals surface area contributed by atoms with Crippen molar-refractivity contribution in [2.45, 2.75) is 12.5 Å². The fraction of sp³-hybridized carbons (Fsp3) is 0.308. The second-order valence-corrected chi connectivity index (χ2v) is 4.83. The summed E-state index contributed by atoms with van der Waals surface area (Å²) in [6.45, 7) is 1.40. The van der Waals surface area contributed by atoms with E-state index in [-0.39, 0.29) is 11.9 Å². The van der Waals surface area contributed by atoms with Gasteiger partial charge in [-0.05, 0) is 24.3 Å². The second-order valence-electron chi connectivity index (χ2n) is 4.39. The highest BCUT2D eigenvalue weighted by atomic mass is 35.5. The Morgan fingerprint density at radius 2 is 2.17 bits per heavy atom. The zero-order chi connectivity index (χ0) is 12.5. The van der Waals surface area contributed by atoms with Gasteiger partial charge in [0, 0.05) is 29.9 Å². The lowest BCUT2D eigenvalue weighted by atomic mass is 10.1. The number of fused-ring (bicyclic) bond motifs is 1. The van der Waals surface area contributed by atoms with Crippen molar-refractivity contribution in [1.82, 2.24) is 10.6 Å². The number of furan rings is 1. The van der Waals surface area contributed by atoms with Crippen molar-refractivity contribution in [3.8, 4) is 0 Å². The average molecular weight is 265 g/mol. The van der Waals surface area contributed by atoms with Crippen LogP contribution in [0, 0.1) is 0 Å². The molecule has 18 heavy (non-hydrogen) atoms. The van der Waals surface area contributed by atoms with Gasteiger partial charge >= 0.3 is 0 Å². The molecule has 1 aliphatic rings. The predicted octanol–water partition coefficient (Wildman–Crippen LogP) is 2.24. The number of benzene rings is 1. The van der Waals surface area contributed by atoms with Crippen LogP contribution < -0.4 is 10.6 Å². The molecule has 4 nitrogen and oxygen atoms in total. The second kappa shape index (κ2) is 4.63. The van der Waals surface area contributed by atoms with E-state index in [9.17, 15) is 4.79 Å². The van der Waals surface area contributed by atoms with Crippen molar-refractivity contribution in [3.05, 3.63) is 35.0 Å². The Morgan fingerprint density at radius 1 is 1.28 bits per heavy atom. The van der Waals surface area contributed by atoms with Crippen molar-refractivity contribution in [2.75, 3.05) is 13.1 Å². The Balaban J connectivity index is 1.95. The monoisotopic (exact) mass is 264 g/mol. The largest absolute Gasteiger partial charge is 0.459 e. The first-order valence-corrected chi connectivity index (χ1v) is 6.29. The van der Waals surface area contributed by atoms with Crippen LogP contribution in [-0.2, 0) is 4.79 Å². The van der Waals surface area contributed by atoms with Gasteiger partial charge in [0.2, 0.25) is 5.91 Å². The molecule has 0 saturated carbocycles. The molecule has 1 aromatic heterocycles. The summed E-state index contributed by atoms with van der Waals surface area (Å²) in [6.07, 6.45) is 0.396. The Morgan fingerprint density at radius 3 is 3.06 bits per heavy atom. The summed E-state index contributed by atoms with van der Waals surface area (Å²) >= 11 is 5.94. The first-order valence-electron chi connectivity index (χ1n) is 5.91. The van der Waals surface area contributed by atoms with Gasteiger partial charge < -0.3 is 15.1 Å². The van der Waals surface area contributed by atoms with Gasteiger partial charge in [-0.25, -0.2) is 0 Å². The van der Waals surface area contributed by atoms with Gasteiger partial charge in [-0.15, -0.1) is 0 Å². The molecule has 3 rings (SSSR count). The topological polar surface area (TPSA) is 54.3 Å². The van der Waals surface area contributed by atoms with Gasteiger partial charge in [-0.1, -0.05) is 11.6 Å². The van der Waals surface area contributed by atoms with E-state index in [1.165, 1.54) is 0 Å². The first-order chi connectivity index (χ1) is 8.72. The van der Waals surface area contributed by atoms with Gasteiger partial charge in [0.05, 0.1) is 6.04 Å². The molecule has 1 fully saturated rings. The fourth-order valence-corrected chi connectivity index (χ4v) is 2.37. The van der Waals surface area contributed by atoms with E-state index in [2.05, 4.69) is 10.6 Å². The van der Waals surface area contributed by atoms with Gasteiger partial charge in [0.1, 0.15) is 11.3 Å². The molecule has 2 heterocycles. The van der Waals surface area contributed by atoms with E-state index < -0.39 is 0 Å². The molecule has 1 aliphatic heterocycles. The molecule has 1 saturated heterocycles. The van der Waals surface area contributed by atoms with E-state index in [0.717, 1.165) is 23.3 Å². The minimum atomic E-state index is -0.0707. The standard InChI is InChI=1S/C13H13ClN2O2/c14-9-1-2-11-8(5-9)6-12(18-11)10-7-13(17)16-4-3-15-10/h1-2,5-6,10,15H,3-4,7H2,(H,16,17). The highest BCUT2D eigenvalue weighted by molar-refractivity contribution is 6.31. The van der Waals surface area contributed by atoms with Gasteiger partial charge in [0.25, 0.3) is 0 Å². The lowest BCUT2D eigenvalue weighted by Crippen LogP contribution is -2.24. The summed E-state index contributed by atoms with van der Waals surface area (Å²) in [4.78, 5) is 11.5. The zero-order valence-electron chi connectivity index (χ0n) is 9.70. The maximum Gasteiger partial charge on any atom is 0.222 e. The molecular formula is C13H13ClN2O2. The number of nitrogens with one attached hydrogen (secondary N) is 2. The zero-order valence-corrected chi connectivity index (χ0v) is 10.5. The molecule has 1 amide bonds. The Kier molecular flexibility index (Phi) is 2.97. The minimum absolute atomic E-state index is 0.0449. The normalized spacial score (nSPS) is 20.7. The number of hydrogen-bond donors (Lipinski definition) is 2. The number of halogens is 1. The van der Waals surface area contributed by atoms with Gasteiger partial charge in [-0.3, -0.25) is 4.79 Å². The maximum absolute atomic E-state index is 11.5. The summed E-state index contributed by atoms with van der Waals surface area (Å²) in [7, 11) is 0. The third-order valence-corrected chi connectivity index (χ3v) is 3.30. The fourth-order valence-electron chi connectivity index (χ4n) is 2.19. The van der Waals surface area contributed by atoms with Crippen molar-refractivity contribution >= 4 is 28.5 Å². The lowest BCUT2D eigenvalue weighted by Gasteiger charge is -2.10. The number of hydrogen-bond acceptors (Lipinski definition) is 3. The van der Waals surface area contributed by atoms with Crippen LogP contribution in [0.2, 0.25) is 5.02 Å². The summed E-state index contributed by atoms with van der Waals surface area (Å²) in [6, 6.07) is 7.37. The van der Waals surface area contributed by atoms with Crippen LogP contribution >= 0.6 is 11.6 Å². The average Bonchev–Trinajstić information content (AvgIpc) is 2.63. The Hall–Kier alpha value is -1.52. The van der Waals surface area contributed by atoms with Crippen LogP contribution in [-0.4, -0.2) is 19.0 Å². The van der Waals surface area contributed by atoms with Gasteiger partial charge in [0.15, 0.2) is 0 Å². The summed E-state index contributed by atoms with van der Waals surface area (Å²) in [5.41, 5.74) is 0.792. The summed E-state index contributed by atoms with van der Waals surface area (Å²) < 4.78 is 5.77. The van der Waals surface area contributed by atoms with Crippen molar-refractivity contribution in [1.29, 1.82) is 0 Å². The van der Waals surface area contributed by atoms with E-state index in [0.29, 0.717) is 18.0 Å². The lowest BCUT2D eigenvalue weighted by molar-refractivity contribution is -0.121. The number of carbonyl (C=O) groups is 1.